The van der Waals surface area contributed by atoms with E-state index in [0.29, 0.717) is 6.54 Å². The van der Waals surface area contributed by atoms with Crippen molar-refractivity contribution >= 4 is 17.4 Å². The SMILES string of the molecule is CN=C(NCc1ccc(N(C)C)nc1)N1CC=C(c2cccc(OC)c2)CC1. The van der Waals surface area contributed by atoms with Gasteiger partial charge in [0.2, 0.25) is 0 Å². The number of guanidine groups is 1. The van der Waals surface area contributed by atoms with Crippen LogP contribution in [0.15, 0.2) is 53.7 Å². The predicted octanol–water partition coefficient (Wildman–Crippen LogP) is 3.02. The Labute approximate surface area is 167 Å². The third-order valence-electron chi connectivity index (χ3n) is 4.88. The highest BCUT2D eigenvalue weighted by molar-refractivity contribution is 5.81. The average molecular weight is 380 g/mol. The van der Waals surface area contributed by atoms with E-state index in [9.17, 15) is 0 Å². The Kier molecular flexibility index (Phi) is 6.53. The molecule has 148 valence electrons. The van der Waals surface area contributed by atoms with Crippen LogP contribution in [0.1, 0.15) is 17.5 Å². The molecule has 1 aromatic carbocycles. The Morgan fingerprint density at radius 3 is 2.75 bits per heavy atom. The molecule has 0 radical (unpaired) electrons. The number of anilines is 1. The zero-order chi connectivity index (χ0) is 19.9. The van der Waals surface area contributed by atoms with E-state index in [1.807, 2.05) is 50.4 Å². The molecule has 1 aliphatic heterocycles. The van der Waals surface area contributed by atoms with Gasteiger partial charge in [-0.2, -0.15) is 0 Å². The van der Waals surface area contributed by atoms with Gasteiger partial charge in [-0.25, -0.2) is 4.98 Å². The Hall–Kier alpha value is -3.02. The molecule has 1 aromatic heterocycles. The molecule has 0 fully saturated rings. The van der Waals surface area contributed by atoms with Gasteiger partial charge in [-0.05, 0) is 41.3 Å². The van der Waals surface area contributed by atoms with Crippen LogP contribution in [0, 0.1) is 0 Å². The smallest absolute Gasteiger partial charge is 0.194 e. The highest BCUT2D eigenvalue weighted by Crippen LogP contribution is 2.25. The molecule has 0 aliphatic carbocycles. The lowest BCUT2D eigenvalue weighted by Gasteiger charge is -2.30. The van der Waals surface area contributed by atoms with Gasteiger partial charge in [0.1, 0.15) is 11.6 Å². The fourth-order valence-electron chi connectivity index (χ4n) is 3.25. The molecular weight excluding hydrogens is 350 g/mol. The van der Waals surface area contributed by atoms with Crippen LogP contribution in [0.2, 0.25) is 0 Å². The van der Waals surface area contributed by atoms with Crippen LogP contribution in [-0.2, 0) is 6.54 Å². The van der Waals surface area contributed by atoms with Gasteiger partial charge in [-0.1, -0.05) is 24.3 Å². The molecule has 2 heterocycles. The largest absolute Gasteiger partial charge is 0.497 e. The maximum absolute atomic E-state index is 5.34. The normalized spacial score (nSPS) is 14.5. The molecule has 0 unspecified atom stereocenters. The first-order valence-corrected chi connectivity index (χ1v) is 9.52. The van der Waals surface area contributed by atoms with E-state index in [1.54, 1.807) is 7.11 Å². The number of pyridine rings is 1. The summed E-state index contributed by atoms with van der Waals surface area (Å²) in [7, 11) is 7.52. The van der Waals surface area contributed by atoms with Crippen LogP contribution in [-0.4, -0.2) is 57.2 Å². The summed E-state index contributed by atoms with van der Waals surface area (Å²) in [5.41, 5.74) is 3.72. The zero-order valence-electron chi connectivity index (χ0n) is 17.1. The van der Waals surface area contributed by atoms with Crippen molar-refractivity contribution < 1.29 is 4.74 Å². The lowest BCUT2D eigenvalue weighted by molar-refractivity contribution is 0.414. The number of hydrogen-bond donors (Lipinski definition) is 1. The van der Waals surface area contributed by atoms with E-state index in [0.717, 1.165) is 42.6 Å². The van der Waals surface area contributed by atoms with Crippen LogP contribution in [0.4, 0.5) is 5.82 Å². The van der Waals surface area contributed by atoms with Crippen LogP contribution >= 0.6 is 0 Å². The van der Waals surface area contributed by atoms with Gasteiger partial charge in [-0.15, -0.1) is 0 Å². The maximum atomic E-state index is 5.34. The van der Waals surface area contributed by atoms with Crippen LogP contribution in [0.3, 0.4) is 0 Å². The van der Waals surface area contributed by atoms with E-state index in [-0.39, 0.29) is 0 Å². The van der Waals surface area contributed by atoms with Gasteiger partial charge in [0, 0.05) is 47.0 Å². The van der Waals surface area contributed by atoms with Crippen molar-refractivity contribution in [3.05, 3.63) is 59.8 Å². The summed E-state index contributed by atoms with van der Waals surface area (Å²) < 4.78 is 5.34. The van der Waals surface area contributed by atoms with Crippen molar-refractivity contribution in [2.45, 2.75) is 13.0 Å². The fourth-order valence-corrected chi connectivity index (χ4v) is 3.25. The van der Waals surface area contributed by atoms with Crippen LogP contribution < -0.4 is 15.0 Å². The Balaban J connectivity index is 1.59. The quantitative estimate of drug-likeness (QED) is 0.639. The number of nitrogens with zero attached hydrogens (tertiary/aromatic N) is 4. The average Bonchev–Trinajstić information content (AvgIpc) is 2.75. The van der Waals surface area contributed by atoms with Crippen LogP contribution in [0.25, 0.3) is 5.57 Å². The first-order chi connectivity index (χ1) is 13.6. The van der Waals surface area contributed by atoms with E-state index in [2.05, 4.69) is 44.5 Å². The molecular formula is C22H29N5O. The number of aliphatic imine (C=N–C) groups is 1. The Morgan fingerprint density at radius 1 is 1.29 bits per heavy atom. The van der Waals surface area contributed by atoms with Crippen molar-refractivity contribution in [1.29, 1.82) is 0 Å². The molecule has 6 heteroatoms. The summed E-state index contributed by atoms with van der Waals surface area (Å²) in [6.07, 6.45) is 5.16. The zero-order valence-corrected chi connectivity index (χ0v) is 17.1. The van der Waals surface area contributed by atoms with Gasteiger partial charge in [0.25, 0.3) is 0 Å². The number of ether oxygens (including phenoxy) is 1. The lowest BCUT2D eigenvalue weighted by atomic mass is 9.99. The minimum atomic E-state index is 0.705. The van der Waals surface area contributed by atoms with Crippen molar-refractivity contribution in [3.63, 3.8) is 0 Å². The molecule has 2 aromatic rings. The summed E-state index contributed by atoms with van der Waals surface area (Å²) in [6, 6.07) is 12.4. The molecule has 0 saturated heterocycles. The lowest BCUT2D eigenvalue weighted by Crippen LogP contribution is -2.43. The predicted molar refractivity (Wildman–Crippen MR) is 116 cm³/mol. The summed E-state index contributed by atoms with van der Waals surface area (Å²) in [6.45, 7) is 2.47. The number of rotatable bonds is 5. The number of nitrogens with one attached hydrogen (secondary N) is 1. The van der Waals surface area contributed by atoms with Gasteiger partial charge in [0.15, 0.2) is 5.96 Å². The summed E-state index contributed by atoms with van der Waals surface area (Å²) in [4.78, 5) is 13.2. The van der Waals surface area contributed by atoms with E-state index < -0.39 is 0 Å². The number of hydrogen-bond acceptors (Lipinski definition) is 4. The fraction of sp³-hybridized carbons (Fsp3) is 0.364. The number of benzene rings is 1. The van der Waals surface area contributed by atoms with E-state index in [1.165, 1.54) is 11.1 Å². The Morgan fingerprint density at radius 2 is 2.14 bits per heavy atom. The molecule has 0 spiro atoms. The summed E-state index contributed by atoms with van der Waals surface area (Å²) in [5, 5.41) is 3.45. The second kappa shape index (κ2) is 9.26. The van der Waals surface area contributed by atoms with Crippen molar-refractivity contribution in [1.82, 2.24) is 15.2 Å². The summed E-state index contributed by atoms with van der Waals surface area (Å²) >= 11 is 0. The second-order valence-electron chi connectivity index (χ2n) is 6.98. The Bertz CT molecular complexity index is 842. The molecule has 1 N–H and O–H groups in total. The third kappa shape index (κ3) is 4.82. The van der Waals surface area contributed by atoms with Crippen LogP contribution in [0.5, 0.6) is 5.75 Å². The van der Waals surface area contributed by atoms with Gasteiger partial charge in [0.05, 0.1) is 7.11 Å². The van der Waals surface area contributed by atoms with Crippen molar-refractivity contribution in [2.75, 3.05) is 46.2 Å². The van der Waals surface area contributed by atoms with E-state index in [4.69, 9.17) is 4.74 Å². The minimum absolute atomic E-state index is 0.705. The third-order valence-corrected chi connectivity index (χ3v) is 4.88. The molecule has 0 saturated carbocycles. The molecule has 0 atom stereocenters. The minimum Gasteiger partial charge on any atom is -0.497 e. The molecule has 0 bridgehead atoms. The molecule has 0 amide bonds. The van der Waals surface area contributed by atoms with Gasteiger partial charge >= 0.3 is 0 Å². The van der Waals surface area contributed by atoms with Gasteiger partial charge in [-0.3, -0.25) is 4.99 Å². The molecule has 28 heavy (non-hydrogen) atoms. The highest BCUT2D eigenvalue weighted by Gasteiger charge is 2.16. The van der Waals surface area contributed by atoms with Crippen molar-refractivity contribution in [2.24, 2.45) is 4.99 Å². The topological polar surface area (TPSA) is 53.0 Å². The standard InChI is InChI=1S/C22H29N5O/c1-23-22(25-16-17-8-9-21(24-15-17)26(2)3)27-12-10-18(11-13-27)19-6-5-7-20(14-19)28-4/h5-10,14-15H,11-13,16H2,1-4H3,(H,23,25). The first-order valence-electron chi connectivity index (χ1n) is 9.52. The van der Waals surface area contributed by atoms with Crippen molar-refractivity contribution in [3.8, 4) is 5.75 Å². The number of aromatic nitrogens is 1. The second-order valence-corrected chi connectivity index (χ2v) is 6.98. The van der Waals surface area contributed by atoms with Gasteiger partial charge < -0.3 is 19.9 Å². The van der Waals surface area contributed by atoms with E-state index >= 15 is 0 Å². The maximum Gasteiger partial charge on any atom is 0.194 e. The monoisotopic (exact) mass is 379 g/mol. The molecule has 3 rings (SSSR count). The molecule has 1 aliphatic rings. The highest BCUT2D eigenvalue weighted by atomic mass is 16.5. The molecule has 6 nitrogen and oxygen atoms in total. The summed E-state index contributed by atoms with van der Waals surface area (Å²) in [5.74, 6) is 2.77. The first kappa shape index (κ1) is 19.7. The number of methoxy groups -OCH3 is 1.